The highest BCUT2D eigenvalue weighted by atomic mass is 79.9. The van der Waals surface area contributed by atoms with E-state index in [1.165, 1.54) is 17.0 Å². The number of pyridine rings is 2. The predicted molar refractivity (Wildman–Crippen MR) is 192 cm³/mol. The third kappa shape index (κ3) is 7.83. The number of hydrogen-bond acceptors (Lipinski definition) is 10. The molecule has 0 radical (unpaired) electrons. The molecule has 50 heavy (non-hydrogen) atoms. The number of hydrogen-bond donors (Lipinski definition) is 2. The number of carbonyl (C=O) groups is 3. The van der Waals surface area contributed by atoms with Crippen LogP contribution in [-0.2, 0) is 23.1 Å². The summed E-state index contributed by atoms with van der Waals surface area (Å²) in [5.74, 6) is -0.215. The lowest BCUT2D eigenvalue weighted by Gasteiger charge is -2.29. The van der Waals surface area contributed by atoms with Gasteiger partial charge in [0.15, 0.2) is 0 Å². The van der Waals surface area contributed by atoms with E-state index in [2.05, 4.69) is 36.2 Å². The van der Waals surface area contributed by atoms with Gasteiger partial charge in [0.25, 0.3) is 11.5 Å². The monoisotopic (exact) mass is 744 g/mol. The maximum Gasteiger partial charge on any atom is 0.420 e. The molecule has 15 heteroatoms. The van der Waals surface area contributed by atoms with Crippen LogP contribution in [0.1, 0.15) is 57.6 Å². The zero-order valence-electron chi connectivity index (χ0n) is 28.6. The number of nitrogens with zero attached hydrogens (tertiary/aromatic N) is 6. The number of para-hydroxylation sites is 1. The van der Waals surface area contributed by atoms with Crippen molar-refractivity contribution in [2.45, 2.75) is 59.3 Å². The number of carbonyl (C=O) groups excluding carboxylic acids is 3. The summed E-state index contributed by atoms with van der Waals surface area (Å²) in [5, 5.41) is 3.37. The van der Waals surface area contributed by atoms with E-state index in [-0.39, 0.29) is 21.5 Å². The highest BCUT2D eigenvalue weighted by Gasteiger charge is 2.33. The molecule has 3 amide bonds. The maximum absolute atomic E-state index is 14.1. The van der Waals surface area contributed by atoms with Crippen molar-refractivity contribution in [2.75, 3.05) is 11.1 Å². The number of aromatic nitrogens is 5. The lowest BCUT2D eigenvalue weighted by molar-refractivity contribution is -0.000673. The molecule has 4 aromatic heterocycles. The number of benzene rings is 1. The van der Waals surface area contributed by atoms with Gasteiger partial charge in [-0.3, -0.25) is 14.2 Å². The maximum atomic E-state index is 14.1. The minimum absolute atomic E-state index is 0.190. The molecule has 0 aliphatic carbocycles. The second-order valence-electron chi connectivity index (χ2n) is 13.4. The summed E-state index contributed by atoms with van der Waals surface area (Å²) in [7, 11) is 1.85. The smallest absolute Gasteiger partial charge is 0.420 e. The standard InChI is InChI=1S/C35H37BrN8O6/c1-34(2,3)49-32(47)43(33(48)50-35(4,5)6)18-25-24(36)15-22(31(46)44(25)21-11-9-8-10-12-21)30(45)41-26-14-13-20(16-38-26)23-17-42(7)29-27(23)28(37)39-19-40-29/h8-17,19H,18H2,1-7H3,(H2,37,39,40)(H,38,41,45). The van der Waals surface area contributed by atoms with Crippen LogP contribution in [0.25, 0.3) is 27.8 Å². The van der Waals surface area contributed by atoms with Crippen LogP contribution in [0.4, 0.5) is 21.2 Å². The Hall–Kier alpha value is -5.57. The van der Waals surface area contributed by atoms with Gasteiger partial charge >= 0.3 is 12.2 Å². The van der Waals surface area contributed by atoms with Gasteiger partial charge in [0.2, 0.25) is 0 Å². The van der Waals surface area contributed by atoms with Crippen molar-refractivity contribution in [3.63, 3.8) is 0 Å². The van der Waals surface area contributed by atoms with Gasteiger partial charge in [0.05, 0.1) is 17.6 Å². The van der Waals surface area contributed by atoms with E-state index in [0.29, 0.717) is 28.1 Å². The Balaban J connectivity index is 1.51. The summed E-state index contributed by atoms with van der Waals surface area (Å²) in [5.41, 5.74) is 6.06. The van der Waals surface area contributed by atoms with Crippen molar-refractivity contribution < 1.29 is 23.9 Å². The molecular weight excluding hydrogens is 708 g/mol. The molecule has 0 aliphatic rings. The predicted octanol–water partition coefficient (Wildman–Crippen LogP) is 6.45. The third-order valence-electron chi connectivity index (χ3n) is 7.14. The van der Waals surface area contributed by atoms with Crippen molar-refractivity contribution in [3.8, 4) is 16.8 Å². The molecule has 260 valence electrons. The number of halogens is 1. The van der Waals surface area contributed by atoms with Crippen LogP contribution in [0, 0.1) is 0 Å². The first-order valence-corrected chi connectivity index (χ1v) is 16.3. The largest absolute Gasteiger partial charge is 0.443 e. The SMILES string of the molecule is Cn1cc(-c2ccc(NC(=O)c3cc(Br)c(CN(C(=O)OC(C)(C)C)C(=O)OC(C)(C)C)n(-c4ccccc4)c3=O)nc2)c2c(N)ncnc21. The molecule has 0 aliphatic heterocycles. The van der Waals surface area contributed by atoms with E-state index in [0.717, 1.165) is 10.5 Å². The minimum atomic E-state index is -0.972. The Morgan fingerprint density at radius 2 is 1.58 bits per heavy atom. The molecule has 14 nitrogen and oxygen atoms in total. The third-order valence-corrected chi connectivity index (χ3v) is 7.83. The van der Waals surface area contributed by atoms with Crippen LogP contribution in [-0.4, -0.2) is 58.3 Å². The van der Waals surface area contributed by atoms with Gasteiger partial charge < -0.3 is 25.1 Å². The van der Waals surface area contributed by atoms with Crippen molar-refractivity contribution in [1.82, 2.24) is 29.0 Å². The second-order valence-corrected chi connectivity index (χ2v) is 14.2. The summed E-state index contributed by atoms with van der Waals surface area (Å²) in [6, 6.07) is 13.2. The van der Waals surface area contributed by atoms with Crippen molar-refractivity contribution >= 4 is 56.7 Å². The summed E-state index contributed by atoms with van der Waals surface area (Å²) < 4.78 is 14.4. The number of ether oxygens (including phenoxy) is 2. The first-order chi connectivity index (χ1) is 23.4. The molecule has 0 saturated carbocycles. The van der Waals surface area contributed by atoms with Crippen molar-refractivity contribution in [2.24, 2.45) is 7.05 Å². The number of aryl methyl sites for hydroxylation is 1. The summed E-state index contributed by atoms with van der Waals surface area (Å²) in [6.07, 6.45) is 2.89. The molecule has 0 fully saturated rings. The van der Waals surface area contributed by atoms with E-state index in [1.807, 2.05) is 17.8 Å². The molecule has 0 bridgehead atoms. The molecule has 0 saturated heterocycles. The summed E-state index contributed by atoms with van der Waals surface area (Å²) in [6.45, 7) is 9.56. The molecule has 4 heterocycles. The number of nitrogen functional groups attached to an aromatic ring is 1. The van der Waals surface area contributed by atoms with Crippen LogP contribution in [0.3, 0.4) is 0 Å². The average molecular weight is 746 g/mol. The van der Waals surface area contributed by atoms with Gasteiger partial charge in [-0.1, -0.05) is 18.2 Å². The fourth-order valence-electron chi connectivity index (χ4n) is 5.03. The van der Waals surface area contributed by atoms with Crippen LogP contribution in [0.2, 0.25) is 0 Å². The molecular formula is C35H37BrN8O6. The van der Waals surface area contributed by atoms with Crippen LogP contribution >= 0.6 is 15.9 Å². The molecule has 0 atom stereocenters. The van der Waals surface area contributed by atoms with Gasteiger partial charge in [-0.25, -0.2) is 29.4 Å². The molecule has 0 unspecified atom stereocenters. The van der Waals surface area contributed by atoms with Gasteiger partial charge in [-0.05, 0) is 87.8 Å². The Kier molecular flexibility index (Phi) is 9.82. The molecule has 3 N–H and O–H groups in total. The Labute approximate surface area is 296 Å². The zero-order chi connectivity index (χ0) is 36.5. The van der Waals surface area contributed by atoms with Crippen LogP contribution < -0.4 is 16.6 Å². The second kappa shape index (κ2) is 13.7. The number of nitrogens with two attached hydrogens (primary N) is 1. The number of amides is 3. The Bertz CT molecular complexity index is 2120. The zero-order valence-corrected chi connectivity index (χ0v) is 30.2. The first kappa shape index (κ1) is 35.7. The Morgan fingerprint density at radius 1 is 0.940 bits per heavy atom. The lowest BCUT2D eigenvalue weighted by atomic mass is 10.1. The van der Waals surface area contributed by atoms with Crippen LogP contribution in [0.15, 0.2) is 76.5 Å². The molecule has 5 rings (SSSR count). The van der Waals surface area contributed by atoms with Crippen LogP contribution in [0.5, 0.6) is 0 Å². The van der Waals surface area contributed by atoms with Crippen molar-refractivity contribution in [3.05, 3.63) is 93.3 Å². The Morgan fingerprint density at radius 3 is 2.16 bits per heavy atom. The highest BCUT2D eigenvalue weighted by Crippen LogP contribution is 2.32. The molecule has 0 spiro atoms. The lowest BCUT2D eigenvalue weighted by Crippen LogP contribution is -2.44. The number of anilines is 2. The quantitative estimate of drug-likeness (QED) is 0.196. The molecule has 1 aromatic carbocycles. The number of fused-ring (bicyclic) bond motifs is 1. The fourth-order valence-corrected chi connectivity index (χ4v) is 5.56. The van der Waals surface area contributed by atoms with E-state index >= 15 is 0 Å². The number of nitrogens with one attached hydrogen (secondary N) is 1. The van der Waals surface area contributed by atoms with E-state index in [1.54, 1.807) is 90.2 Å². The minimum Gasteiger partial charge on any atom is -0.443 e. The highest BCUT2D eigenvalue weighted by molar-refractivity contribution is 9.10. The van der Waals surface area contributed by atoms with Gasteiger partial charge in [0, 0.05) is 40.7 Å². The molecule has 5 aromatic rings. The van der Waals surface area contributed by atoms with Gasteiger partial charge in [-0.2, -0.15) is 0 Å². The van der Waals surface area contributed by atoms with E-state index in [4.69, 9.17) is 15.2 Å². The van der Waals surface area contributed by atoms with E-state index < -0.39 is 41.4 Å². The number of imide groups is 1. The fraction of sp³-hybridized carbons (Fsp3) is 0.286. The van der Waals surface area contributed by atoms with Gasteiger partial charge in [0.1, 0.15) is 40.4 Å². The first-order valence-electron chi connectivity index (χ1n) is 15.5. The average Bonchev–Trinajstić information content (AvgIpc) is 3.37. The van der Waals surface area contributed by atoms with Crippen molar-refractivity contribution in [1.29, 1.82) is 0 Å². The summed E-state index contributed by atoms with van der Waals surface area (Å²) >= 11 is 3.49. The van der Waals surface area contributed by atoms with Gasteiger partial charge in [-0.15, -0.1) is 0 Å². The van der Waals surface area contributed by atoms with E-state index in [9.17, 15) is 19.2 Å². The number of rotatable bonds is 6. The summed E-state index contributed by atoms with van der Waals surface area (Å²) in [4.78, 5) is 68.0. The normalized spacial score (nSPS) is 11.7. The topological polar surface area (TPSA) is 177 Å².